The van der Waals surface area contributed by atoms with Gasteiger partial charge in [-0.3, -0.25) is 9.20 Å². The van der Waals surface area contributed by atoms with E-state index in [0.717, 1.165) is 15.7 Å². The van der Waals surface area contributed by atoms with Gasteiger partial charge in [0.05, 0.1) is 19.2 Å². The number of nitrogens with zero attached hydrogens (tertiary/aromatic N) is 2. The van der Waals surface area contributed by atoms with Gasteiger partial charge in [0.15, 0.2) is 4.96 Å². The summed E-state index contributed by atoms with van der Waals surface area (Å²) in [5, 5.41) is 2.88. The largest absolute Gasteiger partial charge is 0.469 e. The zero-order valence-corrected chi connectivity index (χ0v) is 11.0. The van der Waals surface area contributed by atoms with E-state index in [-0.39, 0.29) is 5.97 Å². The molecule has 0 aromatic carbocycles. The Morgan fingerprint density at radius 2 is 2.53 bits per heavy atom. The zero-order chi connectivity index (χ0) is 12.3. The van der Waals surface area contributed by atoms with Crippen LogP contribution in [0, 0.1) is 0 Å². The van der Waals surface area contributed by atoms with Crippen molar-refractivity contribution in [2.45, 2.75) is 18.0 Å². The van der Waals surface area contributed by atoms with Crippen LogP contribution in [0.15, 0.2) is 16.6 Å². The molecule has 2 aromatic rings. The summed E-state index contributed by atoms with van der Waals surface area (Å²) in [6.07, 6.45) is 2.34. The third kappa shape index (κ3) is 2.62. The predicted octanol–water partition coefficient (Wildman–Crippen LogP) is 1.51. The molecule has 0 amide bonds. The fraction of sp³-hybridized carbons (Fsp3) is 0.400. The highest BCUT2D eigenvalue weighted by Crippen LogP contribution is 2.26. The van der Waals surface area contributed by atoms with Crippen LogP contribution in [0.5, 0.6) is 0 Å². The van der Waals surface area contributed by atoms with Crippen LogP contribution < -0.4 is 5.73 Å². The van der Waals surface area contributed by atoms with Gasteiger partial charge in [-0.25, -0.2) is 4.98 Å². The van der Waals surface area contributed by atoms with Crippen LogP contribution in [-0.4, -0.2) is 28.2 Å². The minimum atomic E-state index is -0.201. The SMILES string of the molecule is COC(=O)CCSc1nc2sccn2c1CN. The van der Waals surface area contributed by atoms with E-state index in [1.54, 1.807) is 11.3 Å². The molecule has 0 radical (unpaired) electrons. The molecule has 0 saturated carbocycles. The Labute approximate surface area is 107 Å². The molecule has 17 heavy (non-hydrogen) atoms. The van der Waals surface area contributed by atoms with Crippen molar-refractivity contribution < 1.29 is 9.53 Å². The Bertz CT molecular complexity index is 521. The number of nitrogens with two attached hydrogens (primary N) is 1. The highest BCUT2D eigenvalue weighted by Gasteiger charge is 2.12. The van der Waals surface area contributed by atoms with Crippen LogP contribution in [-0.2, 0) is 16.1 Å². The molecule has 0 aliphatic rings. The van der Waals surface area contributed by atoms with Crippen molar-refractivity contribution in [2.24, 2.45) is 5.73 Å². The highest BCUT2D eigenvalue weighted by atomic mass is 32.2. The second-order valence-corrected chi connectivity index (χ2v) is 5.25. The summed E-state index contributed by atoms with van der Waals surface area (Å²) in [5.74, 6) is 0.456. The first kappa shape index (κ1) is 12.4. The smallest absolute Gasteiger partial charge is 0.306 e. The number of imidazole rings is 1. The van der Waals surface area contributed by atoms with Crippen LogP contribution >= 0.6 is 23.1 Å². The lowest BCUT2D eigenvalue weighted by atomic mass is 10.5. The summed E-state index contributed by atoms with van der Waals surface area (Å²) < 4.78 is 6.58. The number of thioether (sulfide) groups is 1. The maximum atomic E-state index is 11.0. The average Bonchev–Trinajstić information content (AvgIpc) is 2.88. The maximum Gasteiger partial charge on any atom is 0.306 e. The molecule has 0 unspecified atom stereocenters. The van der Waals surface area contributed by atoms with Gasteiger partial charge in [0.1, 0.15) is 5.03 Å². The number of hydrogen-bond donors (Lipinski definition) is 1. The van der Waals surface area contributed by atoms with Gasteiger partial charge < -0.3 is 10.5 Å². The Hall–Kier alpha value is -1.05. The molecular formula is C10H13N3O2S2. The summed E-state index contributed by atoms with van der Waals surface area (Å²) in [5.41, 5.74) is 6.71. The van der Waals surface area contributed by atoms with Crippen LogP contribution in [0.25, 0.3) is 4.96 Å². The molecule has 7 heteroatoms. The molecule has 2 aromatic heterocycles. The molecule has 2 heterocycles. The Balaban J connectivity index is 2.07. The van der Waals surface area contributed by atoms with Crippen molar-refractivity contribution in [3.8, 4) is 0 Å². The number of thiazole rings is 1. The molecule has 0 aliphatic carbocycles. The summed E-state index contributed by atoms with van der Waals surface area (Å²) in [7, 11) is 1.39. The van der Waals surface area contributed by atoms with Crippen molar-refractivity contribution in [1.82, 2.24) is 9.38 Å². The number of fused-ring (bicyclic) bond motifs is 1. The summed E-state index contributed by atoms with van der Waals surface area (Å²) in [6, 6.07) is 0. The maximum absolute atomic E-state index is 11.0. The number of methoxy groups -OCH3 is 1. The lowest BCUT2D eigenvalue weighted by molar-refractivity contribution is -0.140. The van der Waals surface area contributed by atoms with E-state index in [9.17, 15) is 4.79 Å². The first-order valence-electron chi connectivity index (χ1n) is 5.10. The molecule has 0 saturated heterocycles. The van der Waals surface area contributed by atoms with Crippen LogP contribution in [0.3, 0.4) is 0 Å². The first-order chi connectivity index (χ1) is 8.26. The molecule has 0 spiro atoms. The topological polar surface area (TPSA) is 69.6 Å². The molecule has 0 bridgehead atoms. The Morgan fingerprint density at radius 3 is 3.24 bits per heavy atom. The van der Waals surface area contributed by atoms with Crippen LogP contribution in [0.1, 0.15) is 12.1 Å². The average molecular weight is 271 g/mol. The third-order valence-corrected chi connectivity index (χ3v) is 4.06. The molecule has 92 valence electrons. The molecule has 2 N–H and O–H groups in total. The minimum absolute atomic E-state index is 0.201. The van der Waals surface area contributed by atoms with Gasteiger partial charge in [-0.15, -0.1) is 23.1 Å². The van der Waals surface area contributed by atoms with Gasteiger partial charge >= 0.3 is 5.97 Å². The van der Waals surface area contributed by atoms with Crippen molar-refractivity contribution in [3.05, 3.63) is 17.3 Å². The number of carbonyl (C=O) groups excluding carboxylic acids is 1. The highest BCUT2D eigenvalue weighted by molar-refractivity contribution is 7.99. The van der Waals surface area contributed by atoms with Crippen molar-refractivity contribution in [2.75, 3.05) is 12.9 Å². The lowest BCUT2D eigenvalue weighted by Gasteiger charge is -2.00. The fourth-order valence-electron chi connectivity index (χ4n) is 1.45. The number of aromatic nitrogens is 2. The lowest BCUT2D eigenvalue weighted by Crippen LogP contribution is -2.03. The summed E-state index contributed by atoms with van der Waals surface area (Å²) in [6.45, 7) is 0.443. The van der Waals surface area contributed by atoms with Gasteiger partial charge in [-0.1, -0.05) is 0 Å². The molecule has 0 aliphatic heterocycles. The second kappa shape index (κ2) is 5.52. The normalized spacial score (nSPS) is 10.9. The van der Waals surface area contributed by atoms with Crippen LogP contribution in [0.2, 0.25) is 0 Å². The quantitative estimate of drug-likeness (QED) is 0.659. The molecule has 5 nitrogen and oxygen atoms in total. The van der Waals surface area contributed by atoms with Gasteiger partial charge in [0.25, 0.3) is 0 Å². The monoisotopic (exact) mass is 271 g/mol. The second-order valence-electron chi connectivity index (χ2n) is 3.30. The first-order valence-corrected chi connectivity index (χ1v) is 6.97. The molecule has 0 fully saturated rings. The minimum Gasteiger partial charge on any atom is -0.469 e. The summed E-state index contributed by atoms with van der Waals surface area (Å²) >= 11 is 3.11. The van der Waals surface area contributed by atoms with E-state index in [4.69, 9.17) is 5.73 Å². The van der Waals surface area contributed by atoms with E-state index in [1.165, 1.54) is 18.9 Å². The Morgan fingerprint density at radius 1 is 1.71 bits per heavy atom. The number of hydrogen-bond acceptors (Lipinski definition) is 6. The number of carbonyl (C=O) groups is 1. The van der Waals surface area contributed by atoms with Crippen LogP contribution in [0.4, 0.5) is 0 Å². The third-order valence-electron chi connectivity index (χ3n) is 2.29. The molecule has 2 rings (SSSR count). The number of ether oxygens (including phenoxy) is 1. The van der Waals surface area contributed by atoms with E-state index in [0.29, 0.717) is 18.7 Å². The van der Waals surface area contributed by atoms with E-state index >= 15 is 0 Å². The molecule has 0 atom stereocenters. The molecular weight excluding hydrogens is 258 g/mol. The Kier molecular flexibility index (Phi) is 4.03. The van der Waals surface area contributed by atoms with Crippen molar-refractivity contribution in [1.29, 1.82) is 0 Å². The van der Waals surface area contributed by atoms with E-state index in [2.05, 4.69) is 9.72 Å². The fourth-order valence-corrected chi connectivity index (χ4v) is 3.20. The van der Waals surface area contributed by atoms with Gasteiger partial charge in [0, 0.05) is 23.9 Å². The van der Waals surface area contributed by atoms with E-state index in [1.807, 2.05) is 16.0 Å². The van der Waals surface area contributed by atoms with Crippen molar-refractivity contribution in [3.63, 3.8) is 0 Å². The van der Waals surface area contributed by atoms with E-state index < -0.39 is 0 Å². The number of rotatable bonds is 5. The summed E-state index contributed by atoms with van der Waals surface area (Å²) in [4.78, 5) is 16.4. The van der Waals surface area contributed by atoms with Gasteiger partial charge in [-0.2, -0.15) is 0 Å². The standard InChI is InChI=1S/C10H13N3O2S2/c1-15-8(14)2-4-16-9-7(6-11)13-3-5-17-10(13)12-9/h3,5H,2,4,6,11H2,1H3. The zero-order valence-electron chi connectivity index (χ0n) is 9.38. The van der Waals surface area contributed by atoms with Crippen molar-refractivity contribution >= 4 is 34.0 Å². The number of esters is 1. The van der Waals surface area contributed by atoms with Gasteiger partial charge in [0.2, 0.25) is 0 Å². The predicted molar refractivity (Wildman–Crippen MR) is 68.3 cm³/mol. The van der Waals surface area contributed by atoms with Gasteiger partial charge in [-0.05, 0) is 0 Å².